The summed E-state index contributed by atoms with van der Waals surface area (Å²) in [5.41, 5.74) is 6.02. The van der Waals surface area contributed by atoms with E-state index in [4.69, 9.17) is 15.2 Å². The number of ether oxygens (including phenoxy) is 2. The van der Waals surface area contributed by atoms with E-state index in [0.717, 1.165) is 28.7 Å². The number of sulfonamides is 2. The number of carbonyl (C=O) groups excluding carboxylic acids is 2. The molecule has 2 amide bonds. The molecule has 2 saturated heterocycles. The van der Waals surface area contributed by atoms with Gasteiger partial charge in [0, 0.05) is 95.3 Å². The van der Waals surface area contributed by atoms with Gasteiger partial charge < -0.3 is 30.7 Å². The summed E-state index contributed by atoms with van der Waals surface area (Å²) in [6.45, 7) is 0.355. The summed E-state index contributed by atoms with van der Waals surface area (Å²) in [6, 6.07) is 29.6. The molecular formula is C49H50F3N7O10S4. The number of benzene rings is 4. The van der Waals surface area contributed by atoms with E-state index in [1.807, 2.05) is 0 Å². The van der Waals surface area contributed by atoms with E-state index < -0.39 is 60.9 Å². The van der Waals surface area contributed by atoms with Crippen molar-refractivity contribution in [3.05, 3.63) is 163 Å². The quantitative estimate of drug-likeness (QED) is 0.0393. The number of piperidine rings is 2. The van der Waals surface area contributed by atoms with Gasteiger partial charge in [0.2, 0.25) is 12.2 Å². The molecule has 1 atom stereocenters. The minimum absolute atomic E-state index is 0.0127. The van der Waals surface area contributed by atoms with Crippen LogP contribution in [0, 0.1) is 10.1 Å². The maximum Gasteiger partial charge on any atom is 0.418 e. The second-order valence-electron chi connectivity index (χ2n) is 17.3. The zero-order valence-electron chi connectivity index (χ0n) is 39.1. The van der Waals surface area contributed by atoms with Crippen LogP contribution in [0.1, 0.15) is 73.6 Å². The van der Waals surface area contributed by atoms with Gasteiger partial charge in [-0.25, -0.2) is 16.8 Å². The summed E-state index contributed by atoms with van der Waals surface area (Å²) in [6.07, 6.45) is -4.14. The van der Waals surface area contributed by atoms with Crippen molar-refractivity contribution < 1.29 is 54.0 Å². The molecule has 2 aliphatic heterocycles. The van der Waals surface area contributed by atoms with Gasteiger partial charge in [0.1, 0.15) is 14.2 Å². The van der Waals surface area contributed by atoms with Crippen LogP contribution in [0.2, 0.25) is 0 Å². The molecule has 0 radical (unpaired) electrons. The monoisotopic (exact) mass is 1080 g/mol. The third kappa shape index (κ3) is 12.7. The van der Waals surface area contributed by atoms with E-state index >= 15 is 0 Å². The third-order valence-corrected chi connectivity index (χ3v) is 19.2. The van der Waals surface area contributed by atoms with Gasteiger partial charge in [-0.2, -0.15) is 21.8 Å². The van der Waals surface area contributed by atoms with Gasteiger partial charge in [-0.05, 0) is 98.5 Å². The number of hydrogen-bond donors (Lipinski definition) is 3. The standard InChI is InChI=1S/C49H50F3N7O10S4/c1-68-48(34-9-4-7-32(27-34)46(53)60)69-39-12-5-8-33(28-39)47(61)56(30-40-15-17-44(70-40)72(64,65)57-23-19-35(20-24-57)54-37-10-6-11-38(29-37)59(62)63)31-41-16-18-45(71-41)73(66,67)58-25-21-36(22-26-58)55-43-14-3-2-13-42(43)49(50,51)52/h2-18,27-29,35-36,48,54-55H,19-26,30-31H2,1H3,(H2,53,60). The first-order valence-electron chi connectivity index (χ1n) is 22.9. The number of alkyl halides is 3. The van der Waals surface area contributed by atoms with Crippen LogP contribution < -0.4 is 21.1 Å². The molecule has 0 bridgehead atoms. The number of carbonyl (C=O) groups is 2. The number of amides is 2. The van der Waals surface area contributed by atoms with Crippen LogP contribution >= 0.6 is 22.7 Å². The van der Waals surface area contributed by atoms with Crippen molar-refractivity contribution in [1.82, 2.24) is 13.5 Å². The molecule has 2 aliphatic rings. The SMILES string of the molecule is COC(Oc1cccc(C(=O)N(Cc2ccc(S(=O)(=O)N3CCC(Nc4cccc([N+](=O)[O-])c4)CC3)s2)Cc2ccc(S(=O)(=O)N3CCC(Nc4ccccc4C(F)(F)F)CC3)s2)c1)c1cccc(C(N)=O)c1. The number of non-ortho nitro benzene ring substituents is 1. The molecule has 2 aromatic heterocycles. The van der Waals surface area contributed by atoms with Crippen molar-refractivity contribution in [2.45, 2.75) is 71.7 Å². The first kappa shape index (κ1) is 52.9. The number of nitrogens with zero attached hydrogens (tertiary/aromatic N) is 4. The number of thiophene rings is 2. The highest BCUT2D eigenvalue weighted by Crippen LogP contribution is 2.37. The van der Waals surface area contributed by atoms with Crippen molar-refractivity contribution in [3.8, 4) is 5.75 Å². The van der Waals surface area contributed by atoms with Gasteiger partial charge in [-0.15, -0.1) is 22.7 Å². The molecule has 6 aromatic rings. The largest absolute Gasteiger partial charge is 0.461 e. The zero-order valence-corrected chi connectivity index (χ0v) is 42.3. The third-order valence-electron chi connectivity index (χ3n) is 12.4. The molecule has 386 valence electrons. The maximum atomic E-state index is 14.6. The first-order valence-corrected chi connectivity index (χ1v) is 27.4. The predicted molar refractivity (Wildman–Crippen MR) is 269 cm³/mol. The Bertz CT molecular complexity index is 3190. The van der Waals surface area contributed by atoms with Crippen molar-refractivity contribution in [3.63, 3.8) is 0 Å². The molecular weight excluding hydrogens is 1030 g/mol. The first-order chi connectivity index (χ1) is 34.8. The Morgan fingerprint density at radius 3 is 1.89 bits per heavy atom. The van der Waals surface area contributed by atoms with Crippen LogP contribution in [0.3, 0.4) is 0 Å². The zero-order chi connectivity index (χ0) is 52.1. The number of nitrogens with two attached hydrogens (primary N) is 1. The topological polar surface area (TPSA) is 224 Å². The Hall–Kier alpha value is -6.41. The van der Waals surface area contributed by atoms with Crippen LogP contribution in [0.15, 0.2) is 130 Å². The smallest absolute Gasteiger partial charge is 0.418 e. The van der Waals surface area contributed by atoms with Crippen molar-refractivity contribution in [2.75, 3.05) is 43.9 Å². The van der Waals surface area contributed by atoms with Gasteiger partial charge in [0.05, 0.1) is 23.6 Å². The maximum absolute atomic E-state index is 14.6. The van der Waals surface area contributed by atoms with Crippen LogP contribution in [0.5, 0.6) is 5.75 Å². The molecule has 0 aliphatic carbocycles. The lowest BCUT2D eigenvalue weighted by Crippen LogP contribution is -2.42. The molecule has 24 heteroatoms. The normalized spacial score (nSPS) is 15.9. The van der Waals surface area contributed by atoms with Crippen LogP contribution in [0.25, 0.3) is 0 Å². The van der Waals surface area contributed by atoms with Gasteiger partial charge in [0.25, 0.3) is 31.6 Å². The van der Waals surface area contributed by atoms with Crippen molar-refractivity contribution >= 4 is 71.6 Å². The number of nitro benzene ring substituents is 1. The second kappa shape index (κ2) is 22.4. The molecule has 4 aromatic carbocycles. The van der Waals surface area contributed by atoms with Gasteiger partial charge in [-0.1, -0.05) is 36.4 Å². The predicted octanol–water partition coefficient (Wildman–Crippen LogP) is 8.93. The molecule has 17 nitrogen and oxygen atoms in total. The lowest BCUT2D eigenvalue weighted by Gasteiger charge is -2.32. The number of methoxy groups -OCH3 is 1. The van der Waals surface area contributed by atoms with E-state index in [0.29, 0.717) is 33.8 Å². The second-order valence-corrected chi connectivity index (χ2v) is 24.0. The van der Waals surface area contributed by atoms with E-state index in [2.05, 4.69) is 10.6 Å². The van der Waals surface area contributed by atoms with E-state index in [1.54, 1.807) is 60.7 Å². The Balaban J connectivity index is 0.986. The molecule has 0 saturated carbocycles. The number of primary amides is 1. The number of para-hydroxylation sites is 1. The Kier molecular flexibility index (Phi) is 16.2. The van der Waals surface area contributed by atoms with E-state index in [-0.39, 0.29) is 94.8 Å². The molecule has 0 spiro atoms. The summed E-state index contributed by atoms with van der Waals surface area (Å²) < 4.78 is 111. The average Bonchev–Trinajstić information content (AvgIpc) is 4.07. The van der Waals surface area contributed by atoms with Crippen LogP contribution in [-0.4, -0.2) is 92.5 Å². The number of nitrogens with one attached hydrogen (secondary N) is 2. The van der Waals surface area contributed by atoms with Crippen molar-refractivity contribution in [2.24, 2.45) is 5.73 Å². The fourth-order valence-electron chi connectivity index (χ4n) is 8.60. The fourth-order valence-corrected chi connectivity index (χ4v) is 14.6. The van der Waals surface area contributed by atoms with Gasteiger partial charge in [-0.3, -0.25) is 19.7 Å². The molecule has 73 heavy (non-hydrogen) atoms. The summed E-state index contributed by atoms with van der Waals surface area (Å²) in [5, 5.41) is 17.5. The average molecular weight is 1080 g/mol. The Morgan fingerprint density at radius 1 is 0.753 bits per heavy atom. The van der Waals surface area contributed by atoms with Crippen LogP contribution in [0.4, 0.5) is 30.2 Å². The summed E-state index contributed by atoms with van der Waals surface area (Å²) >= 11 is 1.97. The van der Waals surface area contributed by atoms with Crippen LogP contribution in [-0.2, 0) is 44.0 Å². The Labute approximate surface area is 427 Å². The number of nitro groups is 1. The number of rotatable bonds is 19. The van der Waals surface area contributed by atoms with E-state index in [9.17, 15) is 49.7 Å². The number of halogens is 3. The highest BCUT2D eigenvalue weighted by Gasteiger charge is 2.36. The highest BCUT2D eigenvalue weighted by molar-refractivity contribution is 7.91. The van der Waals surface area contributed by atoms with Crippen molar-refractivity contribution in [1.29, 1.82) is 0 Å². The number of hydrogen-bond acceptors (Lipinski definition) is 14. The molecule has 2 fully saturated rings. The Morgan fingerprint density at radius 2 is 1.32 bits per heavy atom. The number of anilines is 2. The summed E-state index contributed by atoms with van der Waals surface area (Å²) in [4.78, 5) is 39.8. The van der Waals surface area contributed by atoms with E-state index in [1.165, 1.54) is 75.2 Å². The molecule has 4 N–H and O–H groups in total. The molecule has 1 unspecified atom stereocenters. The lowest BCUT2D eigenvalue weighted by molar-refractivity contribution is -0.384. The lowest BCUT2D eigenvalue weighted by atomic mass is 10.0. The molecule has 8 rings (SSSR count). The minimum atomic E-state index is -4.56. The fraction of sp³-hybridized carbons (Fsp3) is 0.306. The minimum Gasteiger partial charge on any atom is -0.461 e. The van der Waals surface area contributed by atoms with Gasteiger partial charge >= 0.3 is 6.18 Å². The highest BCUT2D eigenvalue weighted by atomic mass is 32.3. The van der Waals surface area contributed by atoms with Gasteiger partial charge in [0.15, 0.2) is 0 Å². The molecule has 4 heterocycles. The summed E-state index contributed by atoms with van der Waals surface area (Å²) in [5.74, 6) is -0.898. The summed E-state index contributed by atoms with van der Waals surface area (Å²) in [7, 11) is -6.60.